The Bertz CT molecular complexity index is 515. The number of aromatic nitrogens is 1. The number of fused-ring (bicyclic) bond motifs is 1. The highest BCUT2D eigenvalue weighted by molar-refractivity contribution is 5.96. The summed E-state index contributed by atoms with van der Waals surface area (Å²) in [6.45, 7) is 7.07. The minimum atomic E-state index is -0.422. The van der Waals surface area contributed by atoms with Crippen LogP contribution >= 0.6 is 0 Å². The van der Waals surface area contributed by atoms with Gasteiger partial charge in [0.05, 0.1) is 23.9 Å². The number of carbonyl (C=O) groups excluding carboxylic acids is 1. The molecule has 3 heterocycles. The summed E-state index contributed by atoms with van der Waals surface area (Å²) < 4.78 is 5.58. The molecule has 0 unspecified atom stereocenters. The zero-order valence-electron chi connectivity index (χ0n) is 12.7. The Hall–Kier alpha value is -1.46. The van der Waals surface area contributed by atoms with Gasteiger partial charge in [-0.2, -0.15) is 0 Å². The molecule has 0 radical (unpaired) electrons. The Kier molecular flexibility index (Phi) is 3.95. The first-order chi connectivity index (χ1) is 10.1. The van der Waals surface area contributed by atoms with Crippen molar-refractivity contribution in [3.8, 4) is 0 Å². The van der Waals surface area contributed by atoms with Gasteiger partial charge < -0.3 is 15.4 Å². The van der Waals surface area contributed by atoms with E-state index in [2.05, 4.69) is 29.5 Å². The standard InChI is InChI=1S/C16H23N3O2/c1-11(2)14-4-3-13(8-18-14)19-15(20)16-9-17-7-12(16)5-6-21-10-16/h3-4,8,11-12,17H,5-7,9-10H2,1-2H3,(H,19,20)/t12-,16+/m1/s1. The normalized spacial score (nSPS) is 28.4. The van der Waals surface area contributed by atoms with Crippen molar-refractivity contribution in [1.29, 1.82) is 0 Å². The maximum absolute atomic E-state index is 12.7. The summed E-state index contributed by atoms with van der Waals surface area (Å²) in [5, 5.41) is 6.36. The molecule has 1 aromatic heterocycles. The van der Waals surface area contributed by atoms with Crippen LogP contribution in [0.25, 0.3) is 0 Å². The Morgan fingerprint density at radius 3 is 3.10 bits per heavy atom. The average molecular weight is 289 g/mol. The topological polar surface area (TPSA) is 63.2 Å². The molecule has 0 bridgehead atoms. The number of nitrogens with one attached hydrogen (secondary N) is 2. The van der Waals surface area contributed by atoms with Gasteiger partial charge in [-0.1, -0.05) is 13.8 Å². The zero-order valence-corrected chi connectivity index (χ0v) is 12.7. The second-order valence-corrected chi connectivity index (χ2v) is 6.41. The van der Waals surface area contributed by atoms with Crippen LogP contribution in [0.4, 0.5) is 5.69 Å². The molecule has 1 aromatic rings. The highest BCUT2D eigenvalue weighted by atomic mass is 16.5. The molecule has 2 aliphatic rings. The average Bonchev–Trinajstić information content (AvgIpc) is 2.93. The van der Waals surface area contributed by atoms with E-state index >= 15 is 0 Å². The minimum Gasteiger partial charge on any atom is -0.380 e. The number of rotatable bonds is 3. The number of ether oxygens (including phenoxy) is 1. The molecule has 2 fully saturated rings. The van der Waals surface area contributed by atoms with Crippen molar-refractivity contribution in [2.24, 2.45) is 11.3 Å². The van der Waals surface area contributed by atoms with Gasteiger partial charge in [-0.25, -0.2) is 0 Å². The highest BCUT2D eigenvalue weighted by Crippen LogP contribution is 2.38. The van der Waals surface area contributed by atoms with E-state index in [-0.39, 0.29) is 5.91 Å². The van der Waals surface area contributed by atoms with Gasteiger partial charge >= 0.3 is 0 Å². The predicted molar refractivity (Wildman–Crippen MR) is 81.2 cm³/mol. The molecule has 5 heteroatoms. The van der Waals surface area contributed by atoms with Gasteiger partial charge in [0.25, 0.3) is 0 Å². The first-order valence-corrected chi connectivity index (χ1v) is 7.68. The Morgan fingerprint density at radius 1 is 1.52 bits per heavy atom. The lowest BCUT2D eigenvalue weighted by atomic mass is 9.75. The highest BCUT2D eigenvalue weighted by Gasteiger charge is 2.50. The second kappa shape index (κ2) is 5.73. The Balaban J connectivity index is 1.73. The van der Waals surface area contributed by atoms with Crippen LogP contribution < -0.4 is 10.6 Å². The van der Waals surface area contributed by atoms with E-state index < -0.39 is 5.41 Å². The van der Waals surface area contributed by atoms with Crippen LogP contribution in [0.15, 0.2) is 18.3 Å². The first kappa shape index (κ1) is 14.5. The molecule has 0 saturated carbocycles. The largest absolute Gasteiger partial charge is 0.380 e. The van der Waals surface area contributed by atoms with Gasteiger partial charge in [0, 0.05) is 18.8 Å². The summed E-state index contributed by atoms with van der Waals surface area (Å²) >= 11 is 0. The number of pyridine rings is 1. The summed E-state index contributed by atoms with van der Waals surface area (Å²) in [5.74, 6) is 0.814. The van der Waals surface area contributed by atoms with Crippen LogP contribution in [0, 0.1) is 11.3 Å². The molecule has 0 aliphatic carbocycles. The summed E-state index contributed by atoms with van der Waals surface area (Å²) in [7, 11) is 0. The third-order valence-corrected chi connectivity index (χ3v) is 4.67. The van der Waals surface area contributed by atoms with Gasteiger partial charge in [-0.15, -0.1) is 0 Å². The lowest BCUT2D eigenvalue weighted by Gasteiger charge is -2.36. The third kappa shape index (κ3) is 2.68. The molecular formula is C16H23N3O2. The number of carbonyl (C=O) groups is 1. The maximum atomic E-state index is 12.7. The second-order valence-electron chi connectivity index (χ2n) is 6.41. The molecule has 21 heavy (non-hydrogen) atoms. The summed E-state index contributed by atoms with van der Waals surface area (Å²) in [6.07, 6.45) is 2.69. The molecule has 0 aromatic carbocycles. The molecule has 5 nitrogen and oxygen atoms in total. The van der Waals surface area contributed by atoms with Crippen molar-refractivity contribution in [3.05, 3.63) is 24.0 Å². The maximum Gasteiger partial charge on any atom is 0.234 e. The van der Waals surface area contributed by atoms with Crippen LogP contribution in [0.1, 0.15) is 31.9 Å². The molecule has 0 spiro atoms. The molecule has 2 saturated heterocycles. The van der Waals surface area contributed by atoms with E-state index in [4.69, 9.17) is 4.74 Å². The number of anilines is 1. The first-order valence-electron chi connectivity index (χ1n) is 7.68. The zero-order chi connectivity index (χ0) is 14.9. The van der Waals surface area contributed by atoms with Gasteiger partial charge in [0.15, 0.2) is 0 Å². The van der Waals surface area contributed by atoms with E-state index in [0.29, 0.717) is 25.0 Å². The van der Waals surface area contributed by atoms with Gasteiger partial charge in [-0.05, 0) is 36.9 Å². The summed E-state index contributed by atoms with van der Waals surface area (Å²) in [6, 6.07) is 3.90. The Morgan fingerprint density at radius 2 is 2.38 bits per heavy atom. The quantitative estimate of drug-likeness (QED) is 0.890. The van der Waals surface area contributed by atoms with Crippen LogP contribution in [0.2, 0.25) is 0 Å². The van der Waals surface area contributed by atoms with Gasteiger partial charge in [-0.3, -0.25) is 9.78 Å². The van der Waals surface area contributed by atoms with Gasteiger partial charge in [0.1, 0.15) is 0 Å². The van der Waals surface area contributed by atoms with Crippen LogP contribution in [-0.2, 0) is 9.53 Å². The Labute approximate surface area is 125 Å². The fourth-order valence-corrected chi connectivity index (χ4v) is 3.24. The van der Waals surface area contributed by atoms with E-state index in [0.717, 1.165) is 31.0 Å². The molecular weight excluding hydrogens is 266 g/mol. The van der Waals surface area contributed by atoms with E-state index in [1.165, 1.54) is 0 Å². The number of hydrogen-bond acceptors (Lipinski definition) is 4. The van der Waals surface area contributed by atoms with Crippen molar-refractivity contribution >= 4 is 11.6 Å². The number of hydrogen-bond donors (Lipinski definition) is 2. The minimum absolute atomic E-state index is 0.0521. The predicted octanol–water partition coefficient (Wildman–Crippen LogP) is 1.77. The summed E-state index contributed by atoms with van der Waals surface area (Å²) in [5.41, 5.74) is 1.37. The molecule has 3 rings (SSSR count). The van der Waals surface area contributed by atoms with E-state index in [9.17, 15) is 4.79 Å². The molecule has 2 N–H and O–H groups in total. The van der Waals surface area contributed by atoms with E-state index in [1.807, 2.05) is 12.1 Å². The molecule has 2 atom stereocenters. The monoisotopic (exact) mass is 289 g/mol. The van der Waals surface area contributed by atoms with Crippen molar-refractivity contribution in [3.63, 3.8) is 0 Å². The third-order valence-electron chi connectivity index (χ3n) is 4.67. The fraction of sp³-hybridized carbons (Fsp3) is 0.625. The van der Waals surface area contributed by atoms with Gasteiger partial charge in [0.2, 0.25) is 5.91 Å². The molecule has 2 aliphatic heterocycles. The van der Waals surface area contributed by atoms with Crippen molar-refractivity contribution in [2.45, 2.75) is 26.2 Å². The lowest BCUT2D eigenvalue weighted by molar-refractivity contribution is -0.135. The summed E-state index contributed by atoms with van der Waals surface area (Å²) in [4.78, 5) is 17.1. The SMILES string of the molecule is CC(C)c1ccc(NC(=O)[C@]23CNC[C@H]2CCOC3)cn1. The van der Waals surface area contributed by atoms with Crippen LogP contribution in [-0.4, -0.2) is 37.2 Å². The van der Waals surface area contributed by atoms with Crippen molar-refractivity contribution in [2.75, 3.05) is 31.6 Å². The fourth-order valence-electron chi connectivity index (χ4n) is 3.24. The van der Waals surface area contributed by atoms with Crippen LogP contribution in [0.3, 0.4) is 0 Å². The molecule has 114 valence electrons. The van der Waals surface area contributed by atoms with Crippen molar-refractivity contribution < 1.29 is 9.53 Å². The molecule has 1 amide bonds. The number of nitrogens with zero attached hydrogens (tertiary/aromatic N) is 1. The van der Waals surface area contributed by atoms with Crippen LogP contribution in [0.5, 0.6) is 0 Å². The number of amides is 1. The lowest BCUT2D eigenvalue weighted by Crippen LogP contribution is -2.49. The van der Waals surface area contributed by atoms with Crippen molar-refractivity contribution in [1.82, 2.24) is 10.3 Å². The van der Waals surface area contributed by atoms with E-state index in [1.54, 1.807) is 6.20 Å². The smallest absolute Gasteiger partial charge is 0.234 e.